The smallest absolute Gasteiger partial charge is 0.223 e. The lowest BCUT2D eigenvalue weighted by molar-refractivity contribution is 0.242. The Morgan fingerprint density at radius 3 is 2.67 bits per heavy atom. The van der Waals surface area contributed by atoms with E-state index in [0.717, 1.165) is 6.42 Å². The summed E-state index contributed by atoms with van der Waals surface area (Å²) in [4.78, 5) is 4.10. The van der Waals surface area contributed by atoms with Crippen LogP contribution in [0.1, 0.15) is 32.0 Å². The monoisotopic (exact) mass is 213 g/mol. The van der Waals surface area contributed by atoms with E-state index in [1.165, 1.54) is 0 Å². The standard InChI is InChI=1S/C10H19N3O2/c1-7(2)9(4-5-14)11-6-10-12-8(3)15-13-10/h7,9,11,14H,4-6H2,1-3H3/t9-/m1/s1. The molecule has 0 aliphatic heterocycles. The van der Waals surface area contributed by atoms with E-state index in [2.05, 4.69) is 29.3 Å². The van der Waals surface area contributed by atoms with Gasteiger partial charge in [0.05, 0.1) is 6.54 Å². The van der Waals surface area contributed by atoms with E-state index in [0.29, 0.717) is 24.2 Å². The molecule has 1 heterocycles. The number of hydrogen-bond donors (Lipinski definition) is 2. The van der Waals surface area contributed by atoms with Crippen molar-refractivity contribution in [3.05, 3.63) is 11.7 Å². The van der Waals surface area contributed by atoms with Crippen molar-refractivity contribution in [3.63, 3.8) is 0 Å². The van der Waals surface area contributed by atoms with E-state index >= 15 is 0 Å². The third kappa shape index (κ3) is 3.97. The van der Waals surface area contributed by atoms with Crippen molar-refractivity contribution < 1.29 is 9.63 Å². The number of rotatable bonds is 6. The topological polar surface area (TPSA) is 71.2 Å². The van der Waals surface area contributed by atoms with Crippen LogP contribution >= 0.6 is 0 Å². The van der Waals surface area contributed by atoms with Crippen LogP contribution in [0.2, 0.25) is 0 Å². The van der Waals surface area contributed by atoms with Crippen LogP contribution in [0.4, 0.5) is 0 Å². The average Bonchev–Trinajstić information content (AvgIpc) is 2.58. The Bertz CT molecular complexity index is 286. The summed E-state index contributed by atoms with van der Waals surface area (Å²) in [6.45, 7) is 6.79. The number of aliphatic hydroxyl groups excluding tert-OH is 1. The highest BCUT2D eigenvalue weighted by atomic mass is 16.5. The Kier molecular flexibility index (Phi) is 4.71. The summed E-state index contributed by atoms with van der Waals surface area (Å²) in [5, 5.41) is 16.0. The molecule has 86 valence electrons. The van der Waals surface area contributed by atoms with Crippen LogP contribution in [-0.4, -0.2) is 27.9 Å². The van der Waals surface area contributed by atoms with Gasteiger partial charge in [-0.1, -0.05) is 19.0 Å². The van der Waals surface area contributed by atoms with E-state index < -0.39 is 0 Å². The van der Waals surface area contributed by atoms with Crippen molar-refractivity contribution in [2.24, 2.45) is 5.92 Å². The minimum atomic E-state index is 0.196. The quantitative estimate of drug-likeness (QED) is 0.733. The van der Waals surface area contributed by atoms with Crippen molar-refractivity contribution in [1.82, 2.24) is 15.5 Å². The number of aromatic nitrogens is 2. The molecule has 5 heteroatoms. The Labute approximate surface area is 89.9 Å². The van der Waals surface area contributed by atoms with E-state index in [1.807, 2.05) is 0 Å². The number of nitrogens with zero attached hydrogens (tertiary/aromatic N) is 2. The van der Waals surface area contributed by atoms with Crippen molar-refractivity contribution in [3.8, 4) is 0 Å². The van der Waals surface area contributed by atoms with Crippen molar-refractivity contribution in [2.75, 3.05) is 6.61 Å². The molecule has 5 nitrogen and oxygen atoms in total. The lowest BCUT2D eigenvalue weighted by Crippen LogP contribution is -2.34. The third-order valence-electron chi connectivity index (χ3n) is 2.34. The highest BCUT2D eigenvalue weighted by Crippen LogP contribution is 2.06. The zero-order valence-corrected chi connectivity index (χ0v) is 9.53. The molecule has 0 unspecified atom stereocenters. The van der Waals surface area contributed by atoms with Gasteiger partial charge in [-0.3, -0.25) is 0 Å². The summed E-state index contributed by atoms with van der Waals surface area (Å²) >= 11 is 0. The van der Waals surface area contributed by atoms with Gasteiger partial charge in [0.1, 0.15) is 0 Å². The van der Waals surface area contributed by atoms with Crippen LogP contribution in [0.3, 0.4) is 0 Å². The van der Waals surface area contributed by atoms with Gasteiger partial charge in [-0.25, -0.2) is 0 Å². The molecule has 1 atom stereocenters. The van der Waals surface area contributed by atoms with Crippen LogP contribution in [0.15, 0.2) is 4.52 Å². The van der Waals surface area contributed by atoms with E-state index in [1.54, 1.807) is 6.92 Å². The second-order valence-corrected chi connectivity index (χ2v) is 3.97. The van der Waals surface area contributed by atoms with Crippen molar-refractivity contribution in [2.45, 2.75) is 39.8 Å². The Morgan fingerprint density at radius 1 is 1.47 bits per heavy atom. The lowest BCUT2D eigenvalue weighted by atomic mass is 10.0. The molecule has 0 saturated heterocycles. The van der Waals surface area contributed by atoms with E-state index in [9.17, 15) is 0 Å². The molecule has 0 radical (unpaired) electrons. The molecule has 1 aromatic heterocycles. The predicted octanol–water partition coefficient (Wildman–Crippen LogP) is 0.875. The minimum Gasteiger partial charge on any atom is -0.396 e. The first kappa shape index (κ1) is 12.1. The van der Waals surface area contributed by atoms with Crippen LogP contribution in [-0.2, 0) is 6.54 Å². The van der Waals surface area contributed by atoms with Gasteiger partial charge < -0.3 is 14.9 Å². The lowest BCUT2D eigenvalue weighted by Gasteiger charge is -2.20. The van der Waals surface area contributed by atoms with Gasteiger partial charge in [-0.05, 0) is 12.3 Å². The summed E-state index contributed by atoms with van der Waals surface area (Å²) in [6, 6.07) is 0.286. The van der Waals surface area contributed by atoms with Crippen molar-refractivity contribution >= 4 is 0 Å². The highest BCUT2D eigenvalue weighted by Gasteiger charge is 2.13. The molecular weight excluding hydrogens is 194 g/mol. The average molecular weight is 213 g/mol. The zero-order valence-electron chi connectivity index (χ0n) is 9.53. The molecule has 0 aliphatic rings. The fraction of sp³-hybridized carbons (Fsp3) is 0.800. The number of nitrogens with one attached hydrogen (secondary N) is 1. The molecule has 0 saturated carbocycles. The second kappa shape index (κ2) is 5.82. The molecule has 15 heavy (non-hydrogen) atoms. The summed E-state index contributed by atoms with van der Waals surface area (Å²) in [6.07, 6.45) is 0.745. The first-order valence-corrected chi connectivity index (χ1v) is 5.27. The number of hydrogen-bond acceptors (Lipinski definition) is 5. The Morgan fingerprint density at radius 2 is 2.20 bits per heavy atom. The van der Waals surface area contributed by atoms with Crippen LogP contribution in [0.5, 0.6) is 0 Å². The summed E-state index contributed by atoms with van der Waals surface area (Å²) in [5.41, 5.74) is 0. The summed E-state index contributed by atoms with van der Waals surface area (Å²) in [7, 11) is 0. The van der Waals surface area contributed by atoms with Gasteiger partial charge in [0, 0.05) is 19.6 Å². The summed E-state index contributed by atoms with van der Waals surface area (Å²) in [5.74, 6) is 1.72. The number of aryl methyl sites for hydroxylation is 1. The molecule has 0 bridgehead atoms. The largest absolute Gasteiger partial charge is 0.396 e. The first-order chi connectivity index (χ1) is 7.13. The molecule has 1 aromatic rings. The molecule has 0 spiro atoms. The van der Waals surface area contributed by atoms with Crippen molar-refractivity contribution in [1.29, 1.82) is 0 Å². The van der Waals surface area contributed by atoms with Crippen LogP contribution < -0.4 is 5.32 Å². The van der Waals surface area contributed by atoms with Gasteiger partial charge in [0.2, 0.25) is 5.89 Å². The molecule has 0 aliphatic carbocycles. The molecule has 2 N–H and O–H groups in total. The van der Waals surface area contributed by atoms with Gasteiger partial charge >= 0.3 is 0 Å². The minimum absolute atomic E-state index is 0.196. The molecule has 0 amide bonds. The molecule has 0 fully saturated rings. The molecule has 1 rings (SSSR count). The maximum Gasteiger partial charge on any atom is 0.223 e. The van der Waals surface area contributed by atoms with Gasteiger partial charge in [0.15, 0.2) is 5.82 Å². The zero-order chi connectivity index (χ0) is 11.3. The fourth-order valence-electron chi connectivity index (χ4n) is 1.45. The van der Waals surface area contributed by atoms with Crippen LogP contribution in [0, 0.1) is 12.8 Å². The van der Waals surface area contributed by atoms with Gasteiger partial charge in [0.25, 0.3) is 0 Å². The fourth-order valence-corrected chi connectivity index (χ4v) is 1.45. The highest BCUT2D eigenvalue weighted by molar-refractivity contribution is 4.84. The molecule has 0 aromatic carbocycles. The van der Waals surface area contributed by atoms with E-state index in [4.69, 9.17) is 9.63 Å². The maximum atomic E-state index is 8.90. The maximum absolute atomic E-state index is 8.90. The van der Waals surface area contributed by atoms with Gasteiger partial charge in [-0.15, -0.1) is 0 Å². The normalized spacial score (nSPS) is 13.4. The van der Waals surface area contributed by atoms with E-state index in [-0.39, 0.29) is 12.6 Å². The first-order valence-electron chi connectivity index (χ1n) is 5.27. The third-order valence-corrected chi connectivity index (χ3v) is 2.34. The van der Waals surface area contributed by atoms with Crippen LogP contribution in [0.25, 0.3) is 0 Å². The molecular formula is C10H19N3O2. The predicted molar refractivity (Wildman–Crippen MR) is 56.2 cm³/mol. The number of aliphatic hydroxyl groups is 1. The second-order valence-electron chi connectivity index (χ2n) is 3.97. The Balaban J connectivity index is 2.39. The van der Waals surface area contributed by atoms with Gasteiger partial charge in [-0.2, -0.15) is 4.98 Å². The summed E-state index contributed by atoms with van der Waals surface area (Å²) < 4.78 is 4.87. The SMILES string of the molecule is Cc1nc(CN[C@H](CCO)C(C)C)no1. The Hall–Kier alpha value is -0.940.